The third-order valence-corrected chi connectivity index (χ3v) is 9.55. The summed E-state index contributed by atoms with van der Waals surface area (Å²) in [4.78, 5) is 0. The smallest absolute Gasteiger partial charge is 0.184 e. The number of hydrogen-bond acceptors (Lipinski definition) is 1. The highest BCUT2D eigenvalue weighted by molar-refractivity contribution is 9.09. The molecule has 6 atom stereocenters. The fraction of sp³-hybridized carbons (Fsp3) is 0.826. The van der Waals surface area contributed by atoms with Gasteiger partial charge in [0.25, 0.3) is 0 Å². The van der Waals surface area contributed by atoms with Crippen molar-refractivity contribution in [3.05, 3.63) is 23.3 Å². The van der Waals surface area contributed by atoms with Crippen LogP contribution in [0.15, 0.2) is 23.3 Å². The molecule has 0 aliphatic heterocycles. The lowest BCUT2D eigenvalue weighted by atomic mass is 9.55. The molecule has 0 spiro atoms. The first-order chi connectivity index (χ1) is 12.3. The van der Waals surface area contributed by atoms with Crippen molar-refractivity contribution in [2.24, 2.45) is 29.1 Å². The van der Waals surface area contributed by atoms with Crippen molar-refractivity contribution in [2.45, 2.75) is 84.0 Å². The fourth-order valence-electron chi connectivity index (χ4n) is 6.93. The molecule has 0 radical (unpaired) electrons. The van der Waals surface area contributed by atoms with Crippen molar-refractivity contribution in [3.8, 4) is 0 Å². The summed E-state index contributed by atoms with van der Waals surface area (Å²) >= 11 is 3.71. The molecule has 3 heteroatoms. The molecule has 0 N–H and O–H groups in total. The van der Waals surface area contributed by atoms with Crippen LogP contribution in [0, 0.1) is 29.1 Å². The predicted molar refractivity (Wildman–Crippen MR) is 117 cm³/mol. The zero-order chi connectivity index (χ0) is 18.5. The Kier molecular flexibility index (Phi) is 5.38. The van der Waals surface area contributed by atoms with Crippen molar-refractivity contribution in [1.82, 2.24) is 0 Å². The fourth-order valence-corrected chi connectivity index (χ4v) is 8.68. The van der Waals surface area contributed by atoms with E-state index >= 15 is 0 Å². The van der Waals surface area contributed by atoms with E-state index in [1.807, 2.05) is 5.57 Å². The van der Waals surface area contributed by atoms with Crippen molar-refractivity contribution >= 4 is 24.2 Å². The molecule has 0 aromatic heterocycles. The van der Waals surface area contributed by atoms with Crippen LogP contribution < -0.4 is 0 Å². The Morgan fingerprint density at radius 3 is 2.62 bits per heavy atom. The zero-order valence-corrected chi connectivity index (χ0v) is 19.8. The second kappa shape index (κ2) is 7.19. The minimum Gasteiger partial charge on any atom is -0.414 e. The van der Waals surface area contributed by atoms with Crippen LogP contribution >= 0.6 is 15.9 Å². The van der Waals surface area contributed by atoms with Gasteiger partial charge in [0.2, 0.25) is 0 Å². The van der Waals surface area contributed by atoms with Crippen LogP contribution in [0.4, 0.5) is 0 Å². The third-order valence-electron chi connectivity index (χ3n) is 8.05. The first-order valence-corrected chi connectivity index (χ1v) is 15.5. The van der Waals surface area contributed by atoms with Gasteiger partial charge in [-0.1, -0.05) is 46.2 Å². The van der Waals surface area contributed by atoms with Crippen LogP contribution in [-0.4, -0.2) is 19.8 Å². The number of fused-ring (bicyclic) bond motifs is 5. The topological polar surface area (TPSA) is 9.23 Å². The lowest BCUT2D eigenvalue weighted by Crippen LogP contribution is -2.42. The monoisotopic (exact) mass is 436 g/mol. The van der Waals surface area contributed by atoms with Crippen molar-refractivity contribution in [2.75, 3.05) is 5.33 Å². The number of rotatable bonds is 4. The van der Waals surface area contributed by atoms with E-state index in [1.54, 1.807) is 5.57 Å². The normalized spacial score (nSPS) is 42.4. The van der Waals surface area contributed by atoms with Gasteiger partial charge in [-0.2, -0.15) is 0 Å². The highest BCUT2D eigenvalue weighted by atomic mass is 79.9. The quantitative estimate of drug-likeness (QED) is 0.337. The maximum absolute atomic E-state index is 6.46. The van der Waals surface area contributed by atoms with Crippen LogP contribution in [-0.2, 0) is 4.43 Å². The van der Waals surface area contributed by atoms with Crippen molar-refractivity contribution < 1.29 is 4.43 Å². The second-order valence-electron chi connectivity index (χ2n) is 10.6. The Labute approximate surface area is 170 Å². The Morgan fingerprint density at radius 1 is 1.08 bits per heavy atom. The number of allylic oxidation sites excluding steroid dienone is 3. The summed E-state index contributed by atoms with van der Waals surface area (Å²) in [7, 11) is -1.43. The van der Waals surface area contributed by atoms with Gasteiger partial charge >= 0.3 is 0 Å². The van der Waals surface area contributed by atoms with Gasteiger partial charge in [-0.25, -0.2) is 0 Å². The van der Waals surface area contributed by atoms with Gasteiger partial charge in [0.1, 0.15) is 0 Å². The molecule has 4 rings (SSSR count). The largest absolute Gasteiger partial charge is 0.414 e. The molecule has 146 valence electrons. The van der Waals surface area contributed by atoms with Gasteiger partial charge in [0, 0.05) is 11.4 Å². The summed E-state index contributed by atoms with van der Waals surface area (Å²) < 4.78 is 6.46. The van der Waals surface area contributed by atoms with E-state index in [0.717, 1.165) is 23.7 Å². The first-order valence-electron chi connectivity index (χ1n) is 11.0. The molecule has 4 aliphatic carbocycles. The summed E-state index contributed by atoms with van der Waals surface area (Å²) in [5.41, 5.74) is 4.13. The van der Waals surface area contributed by atoms with E-state index in [9.17, 15) is 0 Å². The summed E-state index contributed by atoms with van der Waals surface area (Å²) in [5.74, 6) is 3.47. The molecule has 5 unspecified atom stereocenters. The van der Waals surface area contributed by atoms with Crippen LogP contribution in [0.25, 0.3) is 0 Å². The highest BCUT2D eigenvalue weighted by Crippen LogP contribution is 2.62. The molecule has 0 aromatic rings. The van der Waals surface area contributed by atoms with Gasteiger partial charge in [0.05, 0.1) is 0 Å². The van der Waals surface area contributed by atoms with E-state index in [-0.39, 0.29) is 0 Å². The molecule has 1 nitrogen and oxygen atoms in total. The Bertz CT molecular complexity index is 604. The molecule has 4 aliphatic rings. The number of halogens is 1. The Balaban J connectivity index is 1.53. The minimum absolute atomic E-state index is 0.489. The predicted octanol–water partition coefficient (Wildman–Crippen LogP) is 7.10. The second-order valence-corrected chi connectivity index (χ2v) is 15.9. The van der Waals surface area contributed by atoms with Crippen LogP contribution in [0.2, 0.25) is 19.6 Å². The van der Waals surface area contributed by atoms with Crippen LogP contribution in [0.3, 0.4) is 0 Å². The summed E-state index contributed by atoms with van der Waals surface area (Å²) in [6.07, 6.45) is 16.6. The standard InChI is InChI=1S/C23H37BrOSi/c1-23-13-11-20-19-9-7-18(25-26(2,3)4)15-16(19)5-8-21(20)22(23)10-6-17(23)12-14-24/h5,8,17-20,22H,6-7,9-15H2,1-4H3/t17-,18?,19?,20?,22?,23?/m1/s1. The summed E-state index contributed by atoms with van der Waals surface area (Å²) in [6, 6.07) is 0. The van der Waals surface area contributed by atoms with Gasteiger partial charge < -0.3 is 4.43 Å². The molecule has 0 heterocycles. The summed E-state index contributed by atoms with van der Waals surface area (Å²) in [6.45, 7) is 9.61. The van der Waals surface area contributed by atoms with Gasteiger partial charge in [-0.15, -0.1) is 0 Å². The van der Waals surface area contributed by atoms with Crippen molar-refractivity contribution in [3.63, 3.8) is 0 Å². The van der Waals surface area contributed by atoms with E-state index < -0.39 is 8.32 Å². The molecular weight excluding hydrogens is 400 g/mol. The van der Waals surface area contributed by atoms with Gasteiger partial charge in [-0.3, -0.25) is 0 Å². The third kappa shape index (κ3) is 3.46. The molecule has 0 saturated heterocycles. The number of alkyl halides is 1. The molecule has 3 fully saturated rings. The van der Waals surface area contributed by atoms with Gasteiger partial charge in [-0.05, 0) is 100 Å². The molecule has 0 amide bonds. The van der Waals surface area contributed by atoms with E-state index in [0.29, 0.717) is 11.5 Å². The number of hydrogen-bond donors (Lipinski definition) is 0. The van der Waals surface area contributed by atoms with E-state index in [2.05, 4.69) is 54.6 Å². The molecule has 26 heavy (non-hydrogen) atoms. The summed E-state index contributed by atoms with van der Waals surface area (Å²) in [5, 5.41) is 1.17. The van der Waals surface area contributed by atoms with Crippen molar-refractivity contribution in [1.29, 1.82) is 0 Å². The first kappa shape index (κ1) is 19.5. The molecule has 0 aromatic carbocycles. The molecular formula is C23H37BrOSi. The van der Waals surface area contributed by atoms with E-state index in [4.69, 9.17) is 4.43 Å². The SMILES string of the molecule is CC12CCC3C(=CC=C4CC(O[Si](C)(C)C)CCC43)C1CC[C@@H]2CCBr. The lowest BCUT2D eigenvalue weighted by Gasteiger charge is -2.50. The van der Waals surface area contributed by atoms with Gasteiger partial charge in [0.15, 0.2) is 8.32 Å². The van der Waals surface area contributed by atoms with Crippen LogP contribution in [0.5, 0.6) is 0 Å². The molecule has 0 bridgehead atoms. The lowest BCUT2D eigenvalue weighted by molar-refractivity contribution is 0.0839. The minimum atomic E-state index is -1.43. The Hall–Kier alpha value is 0.137. The van der Waals surface area contributed by atoms with E-state index in [1.165, 1.54) is 56.7 Å². The highest BCUT2D eigenvalue weighted by Gasteiger charge is 2.53. The average molecular weight is 438 g/mol. The average Bonchev–Trinajstić information content (AvgIpc) is 2.90. The van der Waals surface area contributed by atoms with Crippen LogP contribution in [0.1, 0.15) is 58.3 Å². The molecule has 3 saturated carbocycles. The maximum Gasteiger partial charge on any atom is 0.184 e. The Morgan fingerprint density at radius 2 is 1.88 bits per heavy atom. The zero-order valence-electron chi connectivity index (χ0n) is 17.2. The maximum atomic E-state index is 6.46.